The van der Waals surface area contributed by atoms with Crippen LogP contribution in [-0.4, -0.2) is 66.9 Å². The molecule has 0 unspecified atom stereocenters. The third-order valence-electron chi connectivity index (χ3n) is 6.05. The Labute approximate surface area is 218 Å². The fraction of sp³-hybridized carbons (Fsp3) is 0.346. The summed E-state index contributed by atoms with van der Waals surface area (Å²) in [6.45, 7) is 3.73. The normalized spacial score (nSPS) is 12.3. The summed E-state index contributed by atoms with van der Waals surface area (Å²) in [5.41, 5.74) is 2.60. The molecule has 0 fully saturated rings. The lowest BCUT2D eigenvalue weighted by Gasteiger charge is -2.13. The highest BCUT2D eigenvalue weighted by Crippen LogP contribution is 2.40. The molecule has 2 heterocycles. The predicted octanol–water partition coefficient (Wildman–Crippen LogP) is 2.83. The second-order valence-corrected chi connectivity index (χ2v) is 8.55. The largest absolute Gasteiger partial charge is 0.377 e. The number of aromatic nitrogens is 1. The van der Waals surface area contributed by atoms with Crippen molar-refractivity contribution in [2.45, 2.75) is 19.8 Å². The summed E-state index contributed by atoms with van der Waals surface area (Å²) in [4.78, 5) is 48.1. The Hall–Kier alpha value is -4.29. The molecule has 0 bridgehead atoms. The zero-order valence-corrected chi connectivity index (χ0v) is 21.0. The summed E-state index contributed by atoms with van der Waals surface area (Å²) in [6, 6.07) is 11.0. The zero-order chi connectivity index (χ0) is 27.1. The monoisotopic (exact) mass is 523 g/mol. The highest BCUT2D eigenvalue weighted by atomic mass is 16.6. The number of non-ortho nitro benzene ring substituents is 1. The van der Waals surface area contributed by atoms with Crippen LogP contribution in [0.25, 0.3) is 22.2 Å². The molecule has 1 aliphatic rings. The van der Waals surface area contributed by atoms with E-state index in [0.29, 0.717) is 66.2 Å². The lowest BCUT2D eigenvalue weighted by Crippen LogP contribution is -2.32. The number of amides is 3. The minimum absolute atomic E-state index is 0.0301. The number of benzene rings is 2. The molecule has 0 radical (unpaired) electrons. The Morgan fingerprint density at radius 2 is 1.76 bits per heavy atom. The van der Waals surface area contributed by atoms with Gasteiger partial charge in [0.1, 0.15) is 0 Å². The standard InChI is InChI=1S/C26H29N5O7/c1-2-23(32)27-9-11-37-13-14-38-12-10-28-26(34)30-22-8-7-17(31(35)36)15-19(22)20-16-24(33)29-21-6-4-3-5-18(21)25(20)30/h3-8,15H,2,9-14,16H2,1H3,(H,27,32)(H,28,34)(H,29,33). The SMILES string of the molecule is CCC(=O)NCCOCCOCCNC(=O)n1c2c(c3cc([N+](=O)[O-])ccc31)CC(=O)Nc1ccccc1-2. The zero-order valence-electron chi connectivity index (χ0n) is 21.0. The molecular formula is C26H29N5O7. The van der Waals surface area contributed by atoms with Gasteiger partial charge in [0, 0.05) is 42.6 Å². The Bertz CT molecular complexity index is 1370. The number of carbonyl (C=O) groups excluding carboxylic acids is 3. The van der Waals surface area contributed by atoms with Crippen LogP contribution in [0.5, 0.6) is 0 Å². The van der Waals surface area contributed by atoms with Gasteiger partial charge in [0.25, 0.3) is 5.69 Å². The maximum Gasteiger partial charge on any atom is 0.326 e. The fourth-order valence-corrected chi connectivity index (χ4v) is 4.30. The molecule has 38 heavy (non-hydrogen) atoms. The number of rotatable bonds is 11. The maximum atomic E-state index is 13.4. The molecule has 3 aromatic rings. The number of anilines is 1. The summed E-state index contributed by atoms with van der Waals surface area (Å²) < 4.78 is 12.4. The summed E-state index contributed by atoms with van der Waals surface area (Å²) in [5.74, 6) is -0.303. The van der Waals surface area contributed by atoms with Gasteiger partial charge in [-0.05, 0) is 17.7 Å². The summed E-state index contributed by atoms with van der Waals surface area (Å²) >= 11 is 0. The van der Waals surface area contributed by atoms with Crippen LogP contribution < -0.4 is 16.0 Å². The first-order chi connectivity index (χ1) is 18.4. The Kier molecular flexibility index (Phi) is 8.66. The number of hydrogen-bond acceptors (Lipinski definition) is 7. The van der Waals surface area contributed by atoms with E-state index < -0.39 is 11.0 Å². The van der Waals surface area contributed by atoms with Gasteiger partial charge >= 0.3 is 6.03 Å². The minimum atomic E-state index is -0.504. The van der Waals surface area contributed by atoms with E-state index in [1.54, 1.807) is 31.2 Å². The van der Waals surface area contributed by atoms with Crippen molar-refractivity contribution >= 4 is 40.1 Å². The van der Waals surface area contributed by atoms with Crippen LogP contribution in [0.3, 0.4) is 0 Å². The number of hydrogen-bond donors (Lipinski definition) is 3. The van der Waals surface area contributed by atoms with Gasteiger partial charge in [-0.25, -0.2) is 4.79 Å². The molecule has 12 nitrogen and oxygen atoms in total. The number of nitrogens with one attached hydrogen (secondary N) is 3. The van der Waals surface area contributed by atoms with Crippen molar-refractivity contribution in [1.82, 2.24) is 15.2 Å². The van der Waals surface area contributed by atoms with Crippen LogP contribution in [0, 0.1) is 10.1 Å². The number of nitrogens with zero attached hydrogens (tertiary/aromatic N) is 2. The van der Waals surface area contributed by atoms with E-state index in [1.165, 1.54) is 22.8 Å². The number of para-hydroxylation sites is 1. The van der Waals surface area contributed by atoms with Gasteiger partial charge in [0.05, 0.1) is 54.7 Å². The van der Waals surface area contributed by atoms with Gasteiger partial charge in [0.2, 0.25) is 11.8 Å². The molecule has 0 saturated heterocycles. The second kappa shape index (κ2) is 12.3. The summed E-state index contributed by atoms with van der Waals surface area (Å²) in [7, 11) is 0. The fourth-order valence-electron chi connectivity index (χ4n) is 4.30. The molecule has 0 spiro atoms. The summed E-state index contributed by atoms with van der Waals surface area (Å²) in [6.07, 6.45) is 0.394. The Morgan fingerprint density at radius 1 is 1.05 bits per heavy atom. The third-order valence-corrected chi connectivity index (χ3v) is 6.05. The van der Waals surface area contributed by atoms with Crippen molar-refractivity contribution in [3.8, 4) is 11.3 Å². The minimum Gasteiger partial charge on any atom is -0.377 e. The van der Waals surface area contributed by atoms with E-state index in [0.717, 1.165) is 0 Å². The topological polar surface area (TPSA) is 154 Å². The molecule has 4 rings (SSSR count). The molecule has 0 saturated carbocycles. The van der Waals surface area contributed by atoms with Crippen LogP contribution in [0.4, 0.5) is 16.2 Å². The molecule has 1 aromatic heterocycles. The third kappa shape index (κ3) is 5.98. The van der Waals surface area contributed by atoms with Crippen molar-refractivity contribution in [3.05, 3.63) is 58.1 Å². The Balaban J connectivity index is 1.46. The van der Waals surface area contributed by atoms with E-state index in [2.05, 4.69) is 16.0 Å². The van der Waals surface area contributed by atoms with Gasteiger partial charge in [-0.2, -0.15) is 0 Å². The van der Waals surface area contributed by atoms with Crippen LogP contribution in [0.15, 0.2) is 42.5 Å². The van der Waals surface area contributed by atoms with Crippen molar-refractivity contribution in [1.29, 1.82) is 0 Å². The number of carbonyl (C=O) groups is 3. The van der Waals surface area contributed by atoms with Gasteiger partial charge < -0.3 is 25.4 Å². The van der Waals surface area contributed by atoms with Crippen molar-refractivity contribution in [2.75, 3.05) is 44.8 Å². The van der Waals surface area contributed by atoms with Crippen LogP contribution in [0.2, 0.25) is 0 Å². The molecule has 200 valence electrons. The van der Waals surface area contributed by atoms with E-state index in [1.807, 2.05) is 0 Å². The Morgan fingerprint density at radius 3 is 2.47 bits per heavy atom. The molecule has 3 amide bonds. The average Bonchev–Trinajstić information content (AvgIpc) is 3.14. The van der Waals surface area contributed by atoms with Gasteiger partial charge in [-0.3, -0.25) is 24.3 Å². The van der Waals surface area contributed by atoms with E-state index in [4.69, 9.17) is 9.47 Å². The van der Waals surface area contributed by atoms with Crippen molar-refractivity contribution in [2.24, 2.45) is 0 Å². The van der Waals surface area contributed by atoms with Gasteiger partial charge in [0.15, 0.2) is 0 Å². The highest BCUT2D eigenvalue weighted by Gasteiger charge is 2.29. The van der Waals surface area contributed by atoms with Crippen molar-refractivity contribution in [3.63, 3.8) is 0 Å². The van der Waals surface area contributed by atoms with Gasteiger partial charge in [-0.15, -0.1) is 0 Å². The molecule has 0 aliphatic carbocycles. The van der Waals surface area contributed by atoms with Crippen molar-refractivity contribution < 1.29 is 28.8 Å². The van der Waals surface area contributed by atoms with E-state index >= 15 is 0 Å². The predicted molar refractivity (Wildman–Crippen MR) is 140 cm³/mol. The first kappa shape index (κ1) is 26.8. The molecule has 1 aliphatic heterocycles. The van der Waals surface area contributed by atoms with Gasteiger partial charge in [-0.1, -0.05) is 25.1 Å². The maximum absolute atomic E-state index is 13.4. The average molecular weight is 524 g/mol. The molecule has 12 heteroatoms. The molecule has 0 atom stereocenters. The molecule has 3 N–H and O–H groups in total. The highest BCUT2D eigenvalue weighted by molar-refractivity contribution is 6.09. The lowest BCUT2D eigenvalue weighted by atomic mass is 10.0. The number of fused-ring (bicyclic) bond motifs is 5. The van der Waals surface area contributed by atoms with Crippen LogP contribution >= 0.6 is 0 Å². The first-order valence-corrected chi connectivity index (χ1v) is 12.3. The number of nitro groups is 1. The van der Waals surface area contributed by atoms with Crippen LogP contribution in [0.1, 0.15) is 18.9 Å². The number of ether oxygens (including phenoxy) is 2. The quantitative estimate of drug-likeness (QED) is 0.198. The summed E-state index contributed by atoms with van der Waals surface area (Å²) in [5, 5.41) is 20.3. The smallest absolute Gasteiger partial charge is 0.326 e. The second-order valence-electron chi connectivity index (χ2n) is 8.55. The molecule has 2 aromatic carbocycles. The van der Waals surface area contributed by atoms with E-state index in [9.17, 15) is 24.5 Å². The van der Waals surface area contributed by atoms with E-state index in [-0.39, 0.29) is 37.1 Å². The first-order valence-electron chi connectivity index (χ1n) is 12.3. The lowest BCUT2D eigenvalue weighted by molar-refractivity contribution is -0.384. The molecular weight excluding hydrogens is 494 g/mol. The van der Waals surface area contributed by atoms with Crippen LogP contribution in [-0.2, 0) is 25.5 Å². The number of nitro benzene ring substituents is 1.